The minimum Gasteiger partial charge on any atom is -0.480 e. The number of carboxylic acids is 1. The van der Waals surface area contributed by atoms with E-state index in [2.05, 4.69) is 34.9 Å². The van der Waals surface area contributed by atoms with Crippen molar-refractivity contribution in [2.24, 2.45) is 5.92 Å². The van der Waals surface area contributed by atoms with E-state index in [1.807, 2.05) is 38.1 Å². The lowest BCUT2D eigenvalue weighted by molar-refractivity contribution is -0.143. The first-order chi connectivity index (χ1) is 16.4. The average Bonchev–Trinajstić information content (AvgIpc) is 3.16. The zero-order valence-corrected chi connectivity index (χ0v) is 19.9. The second-order valence-corrected chi connectivity index (χ2v) is 8.83. The highest BCUT2D eigenvalue weighted by Crippen LogP contribution is 2.44. The lowest BCUT2D eigenvalue weighted by Crippen LogP contribution is -2.44. The summed E-state index contributed by atoms with van der Waals surface area (Å²) in [7, 11) is 0. The van der Waals surface area contributed by atoms with Gasteiger partial charge in [-0.2, -0.15) is 0 Å². The molecule has 2 atom stereocenters. The lowest BCUT2D eigenvalue weighted by atomic mass is 9.98. The number of carbonyl (C=O) groups is 3. The first-order valence-corrected chi connectivity index (χ1v) is 12.0. The number of aliphatic carboxylic acids is 1. The van der Waals surface area contributed by atoms with Crippen molar-refractivity contribution in [2.45, 2.75) is 57.9 Å². The van der Waals surface area contributed by atoms with Crippen molar-refractivity contribution in [2.75, 3.05) is 13.2 Å². The molecule has 0 saturated heterocycles. The van der Waals surface area contributed by atoms with E-state index < -0.39 is 18.1 Å². The molecule has 0 heterocycles. The molecule has 2 aromatic carbocycles. The van der Waals surface area contributed by atoms with Crippen LogP contribution in [0.2, 0.25) is 0 Å². The lowest BCUT2D eigenvalue weighted by Gasteiger charge is -2.20. The van der Waals surface area contributed by atoms with Crippen molar-refractivity contribution in [1.82, 2.24) is 10.6 Å². The molecule has 0 saturated carbocycles. The molecule has 0 aliphatic heterocycles. The van der Waals surface area contributed by atoms with Crippen LogP contribution in [-0.2, 0) is 14.3 Å². The molecular weight excluding hydrogens is 432 g/mol. The van der Waals surface area contributed by atoms with E-state index >= 15 is 0 Å². The van der Waals surface area contributed by atoms with E-state index in [4.69, 9.17) is 4.74 Å². The molecular formula is C27H34N2O5. The van der Waals surface area contributed by atoms with Gasteiger partial charge in [-0.25, -0.2) is 9.59 Å². The topological polar surface area (TPSA) is 105 Å². The number of nitrogens with one attached hydrogen (secondary N) is 2. The number of amides is 2. The normalized spacial score (nSPS) is 13.9. The summed E-state index contributed by atoms with van der Waals surface area (Å²) in [6.07, 6.45) is 2.59. The van der Waals surface area contributed by atoms with Crippen LogP contribution in [0.4, 0.5) is 4.79 Å². The highest BCUT2D eigenvalue weighted by atomic mass is 16.5. The van der Waals surface area contributed by atoms with E-state index in [1.54, 1.807) is 0 Å². The quantitative estimate of drug-likeness (QED) is 0.393. The van der Waals surface area contributed by atoms with Gasteiger partial charge in [-0.15, -0.1) is 0 Å². The predicted molar refractivity (Wildman–Crippen MR) is 131 cm³/mol. The first kappa shape index (κ1) is 25.3. The van der Waals surface area contributed by atoms with E-state index in [0.29, 0.717) is 25.8 Å². The Kier molecular flexibility index (Phi) is 9.08. The van der Waals surface area contributed by atoms with Crippen LogP contribution >= 0.6 is 0 Å². The second-order valence-electron chi connectivity index (χ2n) is 8.83. The maximum absolute atomic E-state index is 12.2. The van der Waals surface area contributed by atoms with Crippen LogP contribution in [0.25, 0.3) is 11.1 Å². The zero-order valence-electron chi connectivity index (χ0n) is 19.9. The largest absolute Gasteiger partial charge is 0.480 e. The molecule has 1 aliphatic rings. The Morgan fingerprint density at radius 2 is 1.59 bits per heavy atom. The van der Waals surface area contributed by atoms with Crippen LogP contribution in [0.1, 0.15) is 63.0 Å². The Labute approximate surface area is 200 Å². The third kappa shape index (κ3) is 6.37. The van der Waals surface area contributed by atoms with Crippen LogP contribution in [0.3, 0.4) is 0 Å². The fraction of sp³-hybridized carbons (Fsp3) is 0.444. The van der Waals surface area contributed by atoms with Gasteiger partial charge >= 0.3 is 12.1 Å². The molecule has 0 bridgehead atoms. The molecule has 34 heavy (non-hydrogen) atoms. The van der Waals surface area contributed by atoms with Gasteiger partial charge in [-0.1, -0.05) is 75.2 Å². The fourth-order valence-electron chi connectivity index (χ4n) is 4.36. The summed E-state index contributed by atoms with van der Waals surface area (Å²) >= 11 is 0. The van der Waals surface area contributed by atoms with Crippen molar-refractivity contribution in [3.63, 3.8) is 0 Å². The summed E-state index contributed by atoms with van der Waals surface area (Å²) in [4.78, 5) is 35.5. The standard InChI is InChI=1S/C27H34N2O5/c1-3-18(2)25(26(31)32)29-24(30)15-5-4-10-16-28-27(33)34-17-23-21-13-8-6-11-19(21)20-12-7-9-14-22(20)23/h6-9,11-14,18,23,25H,3-5,10,15-17H2,1-2H3,(H,28,33)(H,29,30)(H,31,32)/t18-,25-/m0/s1. The van der Waals surface area contributed by atoms with Gasteiger partial charge < -0.3 is 20.5 Å². The number of alkyl carbamates (subject to hydrolysis) is 1. The summed E-state index contributed by atoms with van der Waals surface area (Å²) in [5.41, 5.74) is 4.73. The number of benzene rings is 2. The first-order valence-electron chi connectivity index (χ1n) is 12.0. The van der Waals surface area contributed by atoms with Crippen molar-refractivity contribution in [3.05, 3.63) is 59.7 Å². The van der Waals surface area contributed by atoms with E-state index in [0.717, 1.165) is 6.42 Å². The number of unbranched alkanes of at least 4 members (excludes halogenated alkanes) is 2. The Morgan fingerprint density at radius 1 is 0.971 bits per heavy atom. The molecule has 182 valence electrons. The molecule has 2 amide bonds. The Morgan fingerprint density at radius 3 is 2.18 bits per heavy atom. The monoisotopic (exact) mass is 466 g/mol. The summed E-state index contributed by atoms with van der Waals surface area (Å²) < 4.78 is 5.51. The fourth-order valence-corrected chi connectivity index (χ4v) is 4.36. The van der Waals surface area contributed by atoms with Gasteiger partial charge in [0.25, 0.3) is 0 Å². The third-order valence-corrected chi connectivity index (χ3v) is 6.49. The molecule has 0 radical (unpaired) electrons. The number of hydrogen-bond donors (Lipinski definition) is 3. The number of rotatable bonds is 12. The van der Waals surface area contributed by atoms with Crippen LogP contribution in [0.15, 0.2) is 48.5 Å². The van der Waals surface area contributed by atoms with Gasteiger partial charge in [0.1, 0.15) is 12.6 Å². The van der Waals surface area contributed by atoms with Gasteiger partial charge in [0.15, 0.2) is 0 Å². The molecule has 2 aromatic rings. The number of fused-ring (bicyclic) bond motifs is 3. The SMILES string of the molecule is CC[C@H](C)[C@H](NC(=O)CCCCCNC(=O)OCC1c2ccccc2-c2ccccc21)C(=O)O. The maximum atomic E-state index is 12.2. The molecule has 3 N–H and O–H groups in total. The molecule has 0 fully saturated rings. The average molecular weight is 467 g/mol. The molecule has 0 spiro atoms. The van der Waals surface area contributed by atoms with Crippen LogP contribution in [-0.4, -0.2) is 42.3 Å². The number of carbonyl (C=O) groups excluding carboxylic acids is 2. The van der Waals surface area contributed by atoms with Crippen molar-refractivity contribution in [3.8, 4) is 11.1 Å². The van der Waals surface area contributed by atoms with E-state index in [1.165, 1.54) is 22.3 Å². The van der Waals surface area contributed by atoms with Crippen LogP contribution in [0.5, 0.6) is 0 Å². The summed E-state index contributed by atoms with van der Waals surface area (Å²) in [6, 6.07) is 15.6. The summed E-state index contributed by atoms with van der Waals surface area (Å²) in [5, 5.41) is 14.6. The Bertz CT molecular complexity index is 961. The van der Waals surface area contributed by atoms with Crippen molar-refractivity contribution >= 4 is 18.0 Å². The zero-order chi connectivity index (χ0) is 24.5. The minimum atomic E-state index is -1.00. The van der Waals surface area contributed by atoms with E-state index in [-0.39, 0.29) is 30.8 Å². The predicted octanol–water partition coefficient (Wildman–Crippen LogP) is 4.70. The molecule has 7 nitrogen and oxygen atoms in total. The highest BCUT2D eigenvalue weighted by molar-refractivity contribution is 5.83. The van der Waals surface area contributed by atoms with E-state index in [9.17, 15) is 19.5 Å². The van der Waals surface area contributed by atoms with Crippen LogP contribution in [0, 0.1) is 5.92 Å². The van der Waals surface area contributed by atoms with Crippen LogP contribution < -0.4 is 10.6 Å². The van der Waals surface area contributed by atoms with Gasteiger partial charge in [-0.3, -0.25) is 4.79 Å². The number of hydrogen-bond acceptors (Lipinski definition) is 4. The highest BCUT2D eigenvalue weighted by Gasteiger charge is 2.29. The molecule has 0 aromatic heterocycles. The van der Waals surface area contributed by atoms with Gasteiger partial charge in [-0.05, 0) is 41.0 Å². The molecule has 3 rings (SSSR count). The van der Waals surface area contributed by atoms with Crippen molar-refractivity contribution in [1.29, 1.82) is 0 Å². The second kappa shape index (κ2) is 12.2. The molecule has 7 heteroatoms. The maximum Gasteiger partial charge on any atom is 0.407 e. The Hall–Kier alpha value is -3.35. The van der Waals surface area contributed by atoms with Gasteiger partial charge in [0.05, 0.1) is 0 Å². The van der Waals surface area contributed by atoms with Crippen molar-refractivity contribution < 1.29 is 24.2 Å². The number of carboxylic acid groups (broad SMARTS) is 1. The molecule has 1 aliphatic carbocycles. The summed E-state index contributed by atoms with van der Waals surface area (Å²) in [5.74, 6) is -1.35. The van der Waals surface area contributed by atoms with Gasteiger partial charge in [0.2, 0.25) is 5.91 Å². The smallest absolute Gasteiger partial charge is 0.407 e. The Balaban J connectivity index is 1.34. The number of ether oxygens (including phenoxy) is 1. The third-order valence-electron chi connectivity index (χ3n) is 6.49. The minimum absolute atomic E-state index is 0.0294. The summed E-state index contributed by atoms with van der Waals surface area (Å²) in [6.45, 7) is 4.45. The van der Waals surface area contributed by atoms with Gasteiger partial charge in [0, 0.05) is 18.9 Å². The molecule has 0 unspecified atom stereocenters.